The molecule has 0 saturated carbocycles. The third-order valence-corrected chi connectivity index (χ3v) is 3.41. The van der Waals surface area contributed by atoms with E-state index in [4.69, 9.17) is 4.74 Å². The van der Waals surface area contributed by atoms with Gasteiger partial charge in [-0.2, -0.15) is 8.78 Å². The van der Waals surface area contributed by atoms with E-state index in [-0.39, 0.29) is 11.8 Å². The lowest BCUT2D eigenvalue weighted by Crippen LogP contribution is -2.18. The number of hydrogen-bond donors (Lipinski definition) is 1. The molecule has 0 aliphatic carbocycles. The molecule has 3 nitrogen and oxygen atoms in total. The average Bonchev–Trinajstić information content (AvgIpc) is 2.53. The Hall–Kier alpha value is -2.14. The van der Waals surface area contributed by atoms with Gasteiger partial charge in [0, 0.05) is 12.6 Å². The predicted molar refractivity (Wildman–Crippen MR) is 85.9 cm³/mol. The van der Waals surface area contributed by atoms with E-state index in [2.05, 4.69) is 10.1 Å². The lowest BCUT2D eigenvalue weighted by atomic mass is 10.1. The quantitative estimate of drug-likeness (QED) is 0.774. The minimum absolute atomic E-state index is 0.00646. The summed E-state index contributed by atoms with van der Waals surface area (Å²) in [6, 6.07) is 14.6. The van der Waals surface area contributed by atoms with Gasteiger partial charge in [-0.05, 0) is 49.2 Å². The van der Waals surface area contributed by atoms with Crippen LogP contribution in [-0.2, 0) is 6.54 Å². The molecule has 1 unspecified atom stereocenters. The molecule has 0 spiro atoms. The van der Waals surface area contributed by atoms with E-state index in [1.807, 2.05) is 44.2 Å². The van der Waals surface area contributed by atoms with Gasteiger partial charge < -0.3 is 14.8 Å². The van der Waals surface area contributed by atoms with Crippen LogP contribution in [0.2, 0.25) is 0 Å². The van der Waals surface area contributed by atoms with Crippen molar-refractivity contribution in [1.29, 1.82) is 0 Å². The van der Waals surface area contributed by atoms with Crippen LogP contribution < -0.4 is 14.8 Å². The zero-order valence-electron chi connectivity index (χ0n) is 13.3. The number of ether oxygens (including phenoxy) is 2. The Labute approximate surface area is 135 Å². The molecule has 1 N–H and O–H groups in total. The van der Waals surface area contributed by atoms with E-state index in [1.165, 1.54) is 6.07 Å². The second-order valence-corrected chi connectivity index (χ2v) is 5.13. The standard InChI is InChI=1S/C18H21F2NO2/c1-3-22-16-8-4-6-14(10-16)12-21-13(2)15-7-5-9-17(11-15)23-18(19)20/h4-11,13,18,21H,3,12H2,1-2H3. The van der Waals surface area contributed by atoms with Gasteiger partial charge in [0.05, 0.1) is 6.61 Å². The van der Waals surface area contributed by atoms with Crippen molar-refractivity contribution in [2.75, 3.05) is 6.61 Å². The molecule has 0 radical (unpaired) electrons. The molecule has 0 aromatic heterocycles. The Morgan fingerprint density at radius 3 is 2.52 bits per heavy atom. The maximum absolute atomic E-state index is 12.3. The Kier molecular flexibility index (Phi) is 6.35. The van der Waals surface area contributed by atoms with Crippen LogP contribution in [0.25, 0.3) is 0 Å². The fraction of sp³-hybridized carbons (Fsp3) is 0.333. The molecule has 0 bridgehead atoms. The van der Waals surface area contributed by atoms with Gasteiger partial charge in [0.15, 0.2) is 0 Å². The fourth-order valence-electron chi connectivity index (χ4n) is 2.26. The summed E-state index contributed by atoms with van der Waals surface area (Å²) in [7, 11) is 0. The van der Waals surface area contributed by atoms with Gasteiger partial charge >= 0.3 is 6.61 Å². The summed E-state index contributed by atoms with van der Waals surface area (Å²) in [6.45, 7) is 2.40. The molecule has 2 aromatic rings. The van der Waals surface area contributed by atoms with Gasteiger partial charge in [0.1, 0.15) is 11.5 Å². The second-order valence-electron chi connectivity index (χ2n) is 5.13. The lowest BCUT2D eigenvalue weighted by Gasteiger charge is -2.16. The first-order chi connectivity index (χ1) is 11.1. The molecule has 2 aromatic carbocycles. The van der Waals surface area contributed by atoms with Crippen molar-refractivity contribution in [1.82, 2.24) is 5.32 Å². The number of alkyl halides is 2. The minimum atomic E-state index is -2.81. The first kappa shape index (κ1) is 17.2. The third-order valence-electron chi connectivity index (χ3n) is 3.41. The van der Waals surface area contributed by atoms with E-state index in [9.17, 15) is 8.78 Å². The summed E-state index contributed by atoms with van der Waals surface area (Å²) >= 11 is 0. The van der Waals surface area contributed by atoms with Crippen molar-refractivity contribution in [2.24, 2.45) is 0 Å². The molecule has 0 aliphatic rings. The van der Waals surface area contributed by atoms with E-state index >= 15 is 0 Å². The Balaban J connectivity index is 1.96. The summed E-state index contributed by atoms with van der Waals surface area (Å²) in [4.78, 5) is 0. The molecule has 124 valence electrons. The van der Waals surface area contributed by atoms with Gasteiger partial charge in [-0.1, -0.05) is 24.3 Å². The zero-order valence-corrected chi connectivity index (χ0v) is 13.3. The monoisotopic (exact) mass is 321 g/mol. The molecule has 0 heterocycles. The van der Waals surface area contributed by atoms with Crippen molar-refractivity contribution in [3.05, 3.63) is 59.7 Å². The van der Waals surface area contributed by atoms with Crippen molar-refractivity contribution in [3.8, 4) is 11.5 Å². The highest BCUT2D eigenvalue weighted by molar-refractivity contribution is 5.31. The predicted octanol–water partition coefficient (Wildman–Crippen LogP) is 4.54. The molecular weight excluding hydrogens is 300 g/mol. The highest BCUT2D eigenvalue weighted by Crippen LogP contribution is 2.21. The number of halogens is 2. The third kappa shape index (κ3) is 5.53. The molecule has 5 heteroatoms. The molecule has 2 rings (SSSR count). The first-order valence-electron chi connectivity index (χ1n) is 7.58. The van der Waals surface area contributed by atoms with Gasteiger partial charge in [-0.25, -0.2) is 0 Å². The summed E-state index contributed by atoms with van der Waals surface area (Å²) < 4.78 is 34.5. The number of hydrogen-bond acceptors (Lipinski definition) is 3. The summed E-state index contributed by atoms with van der Waals surface area (Å²) in [6.07, 6.45) is 0. The Morgan fingerprint density at radius 2 is 1.78 bits per heavy atom. The molecule has 1 atom stereocenters. The molecule has 23 heavy (non-hydrogen) atoms. The van der Waals surface area contributed by atoms with E-state index in [0.717, 1.165) is 16.9 Å². The van der Waals surface area contributed by atoms with Crippen LogP contribution >= 0.6 is 0 Å². The molecule has 0 saturated heterocycles. The van der Waals surface area contributed by atoms with Crippen LogP contribution in [0.4, 0.5) is 8.78 Å². The number of nitrogens with one attached hydrogen (secondary N) is 1. The molecule has 0 fully saturated rings. The van der Waals surface area contributed by atoms with Crippen LogP contribution in [-0.4, -0.2) is 13.2 Å². The largest absolute Gasteiger partial charge is 0.494 e. The first-order valence-corrected chi connectivity index (χ1v) is 7.58. The van der Waals surface area contributed by atoms with Crippen molar-refractivity contribution >= 4 is 0 Å². The van der Waals surface area contributed by atoms with Gasteiger partial charge in [0.2, 0.25) is 0 Å². The lowest BCUT2D eigenvalue weighted by molar-refractivity contribution is -0.0499. The number of benzene rings is 2. The normalized spacial score (nSPS) is 12.2. The van der Waals surface area contributed by atoms with Crippen LogP contribution in [0.15, 0.2) is 48.5 Å². The van der Waals surface area contributed by atoms with Gasteiger partial charge in [-0.3, -0.25) is 0 Å². The minimum Gasteiger partial charge on any atom is -0.494 e. The van der Waals surface area contributed by atoms with Gasteiger partial charge in [-0.15, -0.1) is 0 Å². The van der Waals surface area contributed by atoms with E-state index in [1.54, 1.807) is 12.1 Å². The fourth-order valence-corrected chi connectivity index (χ4v) is 2.26. The van der Waals surface area contributed by atoms with Crippen LogP contribution in [0.1, 0.15) is 31.0 Å². The zero-order chi connectivity index (χ0) is 16.7. The molecule has 0 amide bonds. The highest BCUT2D eigenvalue weighted by atomic mass is 19.3. The van der Waals surface area contributed by atoms with E-state index < -0.39 is 6.61 Å². The second kappa shape index (κ2) is 8.48. The highest BCUT2D eigenvalue weighted by Gasteiger charge is 2.09. The smallest absolute Gasteiger partial charge is 0.387 e. The summed E-state index contributed by atoms with van der Waals surface area (Å²) in [5.41, 5.74) is 1.99. The van der Waals surface area contributed by atoms with Crippen LogP contribution in [0, 0.1) is 0 Å². The van der Waals surface area contributed by atoms with Crippen molar-refractivity contribution < 1.29 is 18.3 Å². The topological polar surface area (TPSA) is 30.5 Å². The average molecular weight is 321 g/mol. The maximum Gasteiger partial charge on any atom is 0.387 e. The van der Waals surface area contributed by atoms with Crippen molar-refractivity contribution in [2.45, 2.75) is 33.0 Å². The van der Waals surface area contributed by atoms with Crippen molar-refractivity contribution in [3.63, 3.8) is 0 Å². The Bertz CT molecular complexity index is 619. The maximum atomic E-state index is 12.3. The molecule has 0 aliphatic heterocycles. The summed E-state index contributed by atoms with van der Waals surface area (Å²) in [5.74, 6) is 1.01. The van der Waals surface area contributed by atoms with Crippen LogP contribution in [0.3, 0.4) is 0 Å². The molecular formula is C18H21F2NO2. The van der Waals surface area contributed by atoms with Crippen LogP contribution in [0.5, 0.6) is 11.5 Å². The SMILES string of the molecule is CCOc1cccc(CNC(C)c2cccc(OC(F)F)c2)c1. The number of rotatable bonds is 8. The van der Waals surface area contributed by atoms with E-state index in [0.29, 0.717) is 13.2 Å². The summed E-state index contributed by atoms with van der Waals surface area (Å²) in [5, 5.41) is 3.37. The Morgan fingerprint density at radius 1 is 1.04 bits per heavy atom. The van der Waals surface area contributed by atoms with Gasteiger partial charge in [0.25, 0.3) is 0 Å².